The van der Waals surface area contributed by atoms with Gasteiger partial charge in [-0.2, -0.15) is 0 Å². The normalized spacial score (nSPS) is 13.8. The molecular weight excluding hydrogens is 300 g/mol. The van der Waals surface area contributed by atoms with Gasteiger partial charge in [-0.25, -0.2) is 4.79 Å². The number of carboxylic acid groups (broad SMARTS) is 1. The molecule has 0 saturated heterocycles. The van der Waals surface area contributed by atoms with Crippen LogP contribution in [0.3, 0.4) is 0 Å². The molecule has 0 bridgehead atoms. The van der Waals surface area contributed by atoms with Gasteiger partial charge in [-0.05, 0) is 51.8 Å². The molecule has 1 aromatic rings. The van der Waals surface area contributed by atoms with Crippen LogP contribution in [0.5, 0.6) is 5.75 Å². The second kappa shape index (κ2) is 7.82. The van der Waals surface area contributed by atoms with Gasteiger partial charge >= 0.3 is 12.1 Å². The predicted molar refractivity (Wildman–Crippen MR) is 85.2 cm³/mol. The van der Waals surface area contributed by atoms with Gasteiger partial charge in [0.05, 0.1) is 0 Å². The van der Waals surface area contributed by atoms with E-state index >= 15 is 0 Å². The van der Waals surface area contributed by atoms with Crippen molar-refractivity contribution in [1.82, 2.24) is 5.32 Å². The van der Waals surface area contributed by atoms with E-state index < -0.39 is 29.9 Å². The lowest BCUT2D eigenvalue weighted by Crippen LogP contribution is -2.40. The number of alkyl carbamates (subject to hydrolysis) is 1. The largest absolute Gasteiger partial charge is 0.480 e. The third-order valence-corrected chi connectivity index (χ3v) is 2.73. The second-order valence-corrected chi connectivity index (χ2v) is 6.20. The standard InChI is InChI=1S/C16H24N2O5/c1-10(18-15(21)23-16(2,3)4)22-12-7-5-11(6-8-12)9-13(17)14(19)20/h5-8,10,13H,9,17H2,1-4H3,(H,18,21)(H,19,20). The Kier molecular flexibility index (Phi) is 6.38. The van der Waals surface area contributed by atoms with Crippen LogP contribution in [0.1, 0.15) is 33.3 Å². The van der Waals surface area contributed by atoms with Crippen LogP contribution in [0.4, 0.5) is 4.79 Å². The van der Waals surface area contributed by atoms with Crippen LogP contribution in [-0.2, 0) is 16.0 Å². The van der Waals surface area contributed by atoms with Crippen molar-refractivity contribution in [3.05, 3.63) is 29.8 Å². The fraction of sp³-hybridized carbons (Fsp3) is 0.500. The lowest BCUT2D eigenvalue weighted by molar-refractivity contribution is -0.138. The number of ether oxygens (including phenoxy) is 2. The maximum Gasteiger partial charge on any atom is 0.410 e. The van der Waals surface area contributed by atoms with Crippen LogP contribution < -0.4 is 15.8 Å². The Morgan fingerprint density at radius 1 is 1.26 bits per heavy atom. The van der Waals surface area contributed by atoms with E-state index in [2.05, 4.69) is 5.32 Å². The molecule has 0 aromatic heterocycles. The minimum atomic E-state index is -1.04. The molecule has 7 heteroatoms. The van der Waals surface area contributed by atoms with E-state index in [0.717, 1.165) is 5.56 Å². The Bertz CT molecular complexity index is 536. The Labute approximate surface area is 135 Å². The Balaban J connectivity index is 2.51. The van der Waals surface area contributed by atoms with E-state index in [1.54, 1.807) is 52.0 Å². The van der Waals surface area contributed by atoms with Crippen LogP contribution in [0.2, 0.25) is 0 Å². The number of carbonyl (C=O) groups excluding carboxylic acids is 1. The summed E-state index contributed by atoms with van der Waals surface area (Å²) in [5.41, 5.74) is 5.70. The van der Waals surface area contributed by atoms with Crippen molar-refractivity contribution in [2.75, 3.05) is 0 Å². The summed E-state index contributed by atoms with van der Waals surface area (Å²) in [6.45, 7) is 7.01. The molecule has 1 amide bonds. The second-order valence-electron chi connectivity index (χ2n) is 6.20. The van der Waals surface area contributed by atoms with Crippen LogP contribution >= 0.6 is 0 Å². The summed E-state index contributed by atoms with van der Waals surface area (Å²) in [5, 5.41) is 11.3. The van der Waals surface area contributed by atoms with Gasteiger partial charge in [-0.15, -0.1) is 0 Å². The molecule has 4 N–H and O–H groups in total. The number of carbonyl (C=O) groups is 2. The molecule has 7 nitrogen and oxygen atoms in total. The van der Waals surface area contributed by atoms with E-state index in [1.807, 2.05) is 0 Å². The first-order chi connectivity index (χ1) is 10.6. The number of hydrogen-bond donors (Lipinski definition) is 3. The quantitative estimate of drug-likeness (QED) is 0.689. The summed E-state index contributed by atoms with van der Waals surface area (Å²) in [4.78, 5) is 22.3. The first-order valence-electron chi connectivity index (χ1n) is 7.30. The third kappa shape index (κ3) is 7.51. The smallest absolute Gasteiger partial charge is 0.410 e. The number of aliphatic carboxylic acids is 1. The number of nitrogens with one attached hydrogen (secondary N) is 1. The summed E-state index contributed by atoms with van der Waals surface area (Å²) in [5.74, 6) is -0.498. The molecule has 23 heavy (non-hydrogen) atoms. The summed E-state index contributed by atoms with van der Waals surface area (Å²) in [6.07, 6.45) is -0.896. The van der Waals surface area contributed by atoms with Crippen molar-refractivity contribution in [2.24, 2.45) is 5.73 Å². The molecule has 2 atom stereocenters. The third-order valence-electron chi connectivity index (χ3n) is 2.73. The zero-order valence-electron chi connectivity index (χ0n) is 13.8. The lowest BCUT2D eigenvalue weighted by Gasteiger charge is -2.22. The number of hydrogen-bond acceptors (Lipinski definition) is 5. The van der Waals surface area contributed by atoms with Crippen molar-refractivity contribution in [2.45, 2.75) is 52.0 Å². The molecule has 0 radical (unpaired) electrons. The molecule has 1 rings (SSSR count). The predicted octanol–water partition coefficient (Wildman–Crippen LogP) is 1.89. The summed E-state index contributed by atoms with van der Waals surface area (Å²) in [7, 11) is 0. The number of amides is 1. The van der Waals surface area contributed by atoms with Crippen molar-refractivity contribution < 1.29 is 24.2 Å². The number of nitrogens with two attached hydrogens (primary N) is 1. The summed E-state index contributed by atoms with van der Waals surface area (Å²) >= 11 is 0. The van der Waals surface area contributed by atoms with E-state index in [9.17, 15) is 9.59 Å². The lowest BCUT2D eigenvalue weighted by atomic mass is 10.1. The average molecular weight is 324 g/mol. The molecule has 0 saturated carbocycles. The van der Waals surface area contributed by atoms with Gasteiger partial charge < -0.3 is 20.3 Å². The number of rotatable bonds is 6. The van der Waals surface area contributed by atoms with Gasteiger partial charge in [0.2, 0.25) is 0 Å². The topological polar surface area (TPSA) is 111 Å². The zero-order valence-corrected chi connectivity index (χ0v) is 13.8. The van der Waals surface area contributed by atoms with Crippen molar-refractivity contribution in [1.29, 1.82) is 0 Å². The molecule has 0 fully saturated rings. The zero-order chi connectivity index (χ0) is 17.6. The van der Waals surface area contributed by atoms with Crippen molar-refractivity contribution in [3.8, 4) is 5.75 Å². The van der Waals surface area contributed by atoms with Gasteiger partial charge in [0, 0.05) is 0 Å². The van der Waals surface area contributed by atoms with Crippen LogP contribution in [0, 0.1) is 0 Å². The maximum absolute atomic E-state index is 11.6. The van der Waals surface area contributed by atoms with E-state index in [0.29, 0.717) is 5.75 Å². The number of benzene rings is 1. The van der Waals surface area contributed by atoms with Crippen molar-refractivity contribution in [3.63, 3.8) is 0 Å². The first kappa shape index (κ1) is 18.8. The van der Waals surface area contributed by atoms with Gasteiger partial charge in [-0.1, -0.05) is 12.1 Å². The van der Waals surface area contributed by atoms with Gasteiger partial charge in [0.15, 0.2) is 6.23 Å². The highest BCUT2D eigenvalue weighted by Gasteiger charge is 2.18. The molecule has 2 unspecified atom stereocenters. The average Bonchev–Trinajstić information content (AvgIpc) is 2.38. The first-order valence-corrected chi connectivity index (χ1v) is 7.30. The van der Waals surface area contributed by atoms with E-state index in [-0.39, 0.29) is 6.42 Å². The fourth-order valence-electron chi connectivity index (χ4n) is 1.75. The Hall–Kier alpha value is -2.28. The molecule has 1 aromatic carbocycles. The van der Waals surface area contributed by atoms with Gasteiger partial charge in [-0.3, -0.25) is 10.1 Å². The molecule has 0 aliphatic heterocycles. The minimum absolute atomic E-state index is 0.237. The van der Waals surface area contributed by atoms with E-state index in [4.69, 9.17) is 20.3 Å². The molecule has 0 aliphatic rings. The molecule has 0 aliphatic carbocycles. The summed E-state index contributed by atoms with van der Waals surface area (Å²) in [6, 6.07) is 5.92. The molecule has 128 valence electrons. The van der Waals surface area contributed by atoms with Crippen LogP contribution in [-0.4, -0.2) is 35.0 Å². The molecule has 0 heterocycles. The SMILES string of the molecule is CC(NC(=O)OC(C)(C)C)Oc1ccc(CC(N)C(=O)O)cc1. The highest BCUT2D eigenvalue weighted by Crippen LogP contribution is 2.15. The monoisotopic (exact) mass is 324 g/mol. The van der Waals surface area contributed by atoms with Crippen molar-refractivity contribution >= 4 is 12.1 Å². The highest BCUT2D eigenvalue weighted by molar-refractivity contribution is 5.73. The highest BCUT2D eigenvalue weighted by atomic mass is 16.6. The molecule has 0 spiro atoms. The van der Waals surface area contributed by atoms with E-state index in [1.165, 1.54) is 0 Å². The Morgan fingerprint density at radius 3 is 2.30 bits per heavy atom. The number of carboxylic acids is 1. The van der Waals surface area contributed by atoms with Crippen LogP contribution in [0.15, 0.2) is 24.3 Å². The van der Waals surface area contributed by atoms with Gasteiger partial charge in [0.25, 0.3) is 0 Å². The minimum Gasteiger partial charge on any atom is -0.480 e. The fourth-order valence-corrected chi connectivity index (χ4v) is 1.75. The summed E-state index contributed by atoms with van der Waals surface area (Å²) < 4.78 is 10.7. The van der Waals surface area contributed by atoms with Crippen LogP contribution in [0.25, 0.3) is 0 Å². The Morgan fingerprint density at radius 2 is 1.83 bits per heavy atom. The van der Waals surface area contributed by atoms with Gasteiger partial charge in [0.1, 0.15) is 17.4 Å². The molecular formula is C16H24N2O5. The maximum atomic E-state index is 11.6.